The van der Waals surface area contributed by atoms with Crippen LogP contribution < -0.4 is 0 Å². The summed E-state index contributed by atoms with van der Waals surface area (Å²) in [5.74, 6) is -2.39. The standard InChI is InChI=1S/C17H15F2NO4/c1-11(13-4-6-14(7-5-13)20(22)23)24-17(21)9-3-12-2-8-15(18)16(19)10-12/h2,4-8,10-11H,3,9H2,1H3/t11-/m0/s1. The SMILES string of the molecule is C[C@H](OC(=O)CCc1ccc(F)c(F)c1)c1ccc([N+](=O)[O-])cc1. The predicted octanol–water partition coefficient (Wildman–Crippen LogP) is 4.11. The quantitative estimate of drug-likeness (QED) is 0.452. The molecule has 0 aliphatic rings. The van der Waals surface area contributed by atoms with Crippen LogP contribution in [0.2, 0.25) is 0 Å². The third-order valence-electron chi connectivity index (χ3n) is 3.48. The van der Waals surface area contributed by atoms with Crippen molar-refractivity contribution >= 4 is 11.7 Å². The molecule has 2 aromatic rings. The Morgan fingerprint density at radius 1 is 1.17 bits per heavy atom. The first kappa shape index (κ1) is 17.5. The molecule has 0 aliphatic heterocycles. The van der Waals surface area contributed by atoms with E-state index in [1.54, 1.807) is 6.92 Å². The van der Waals surface area contributed by atoms with Gasteiger partial charge in [0.1, 0.15) is 6.10 Å². The van der Waals surface area contributed by atoms with Crippen molar-refractivity contribution in [3.63, 3.8) is 0 Å². The summed E-state index contributed by atoms with van der Waals surface area (Å²) in [4.78, 5) is 21.9. The summed E-state index contributed by atoms with van der Waals surface area (Å²) in [7, 11) is 0. The van der Waals surface area contributed by atoms with E-state index in [0.29, 0.717) is 11.1 Å². The first-order valence-corrected chi connectivity index (χ1v) is 7.24. The number of carbonyl (C=O) groups excluding carboxylic acids is 1. The lowest BCUT2D eigenvalue weighted by molar-refractivity contribution is -0.384. The number of benzene rings is 2. The molecule has 0 amide bonds. The number of hydrogen-bond acceptors (Lipinski definition) is 4. The largest absolute Gasteiger partial charge is 0.458 e. The topological polar surface area (TPSA) is 69.4 Å². The van der Waals surface area contributed by atoms with Gasteiger partial charge in [0, 0.05) is 18.6 Å². The Morgan fingerprint density at radius 2 is 1.83 bits per heavy atom. The Balaban J connectivity index is 1.89. The average Bonchev–Trinajstić information content (AvgIpc) is 2.56. The lowest BCUT2D eigenvalue weighted by Crippen LogP contribution is -2.10. The Hall–Kier alpha value is -2.83. The van der Waals surface area contributed by atoms with Crippen LogP contribution in [0.1, 0.15) is 30.6 Å². The Morgan fingerprint density at radius 3 is 2.42 bits per heavy atom. The summed E-state index contributed by atoms with van der Waals surface area (Å²) in [6.07, 6.45) is -0.325. The van der Waals surface area contributed by atoms with Crippen LogP contribution in [0.3, 0.4) is 0 Å². The van der Waals surface area contributed by atoms with Gasteiger partial charge in [-0.2, -0.15) is 0 Å². The van der Waals surface area contributed by atoms with Gasteiger partial charge in [0.05, 0.1) is 4.92 Å². The van der Waals surface area contributed by atoms with Crippen LogP contribution in [0.4, 0.5) is 14.5 Å². The number of hydrogen-bond donors (Lipinski definition) is 0. The van der Waals surface area contributed by atoms with E-state index in [1.807, 2.05) is 0 Å². The van der Waals surface area contributed by atoms with Crippen LogP contribution in [0.15, 0.2) is 42.5 Å². The second kappa shape index (κ2) is 7.63. The van der Waals surface area contributed by atoms with Crippen molar-refractivity contribution in [1.82, 2.24) is 0 Å². The minimum Gasteiger partial charge on any atom is -0.458 e. The summed E-state index contributed by atoms with van der Waals surface area (Å²) >= 11 is 0. The minimum absolute atomic E-state index is 0.0163. The smallest absolute Gasteiger partial charge is 0.306 e. The highest BCUT2D eigenvalue weighted by molar-refractivity contribution is 5.70. The highest BCUT2D eigenvalue weighted by Crippen LogP contribution is 2.21. The fourth-order valence-corrected chi connectivity index (χ4v) is 2.13. The molecule has 5 nitrogen and oxygen atoms in total. The Labute approximate surface area is 137 Å². The number of halogens is 2. The molecule has 0 unspecified atom stereocenters. The molecular formula is C17H15F2NO4. The lowest BCUT2D eigenvalue weighted by atomic mass is 10.1. The Kier molecular flexibility index (Phi) is 5.57. The maximum Gasteiger partial charge on any atom is 0.306 e. The second-order valence-corrected chi connectivity index (χ2v) is 5.23. The summed E-state index contributed by atoms with van der Waals surface area (Å²) in [5.41, 5.74) is 1.08. The molecule has 2 rings (SSSR count). The van der Waals surface area contributed by atoms with E-state index in [0.717, 1.165) is 12.1 Å². The third kappa shape index (κ3) is 4.58. The number of nitrogens with zero attached hydrogens (tertiary/aromatic N) is 1. The van der Waals surface area contributed by atoms with Crippen LogP contribution in [-0.4, -0.2) is 10.9 Å². The summed E-state index contributed by atoms with van der Waals surface area (Å²) in [5, 5.41) is 10.6. The van der Waals surface area contributed by atoms with E-state index in [2.05, 4.69) is 0 Å². The van der Waals surface area contributed by atoms with E-state index in [1.165, 1.54) is 30.3 Å². The molecule has 7 heteroatoms. The van der Waals surface area contributed by atoms with Gasteiger partial charge in [0.15, 0.2) is 11.6 Å². The van der Waals surface area contributed by atoms with E-state index >= 15 is 0 Å². The molecule has 0 aliphatic carbocycles. The zero-order valence-corrected chi connectivity index (χ0v) is 12.9. The van der Waals surface area contributed by atoms with Crippen LogP contribution in [0.5, 0.6) is 0 Å². The summed E-state index contributed by atoms with van der Waals surface area (Å²) in [6, 6.07) is 9.17. The van der Waals surface area contributed by atoms with Gasteiger partial charge in [0.25, 0.3) is 5.69 Å². The molecule has 126 valence electrons. The van der Waals surface area contributed by atoms with Gasteiger partial charge in [-0.05, 0) is 48.7 Å². The molecule has 0 aromatic heterocycles. The van der Waals surface area contributed by atoms with Crippen molar-refractivity contribution in [3.8, 4) is 0 Å². The van der Waals surface area contributed by atoms with Gasteiger partial charge >= 0.3 is 5.97 Å². The molecule has 0 fully saturated rings. The minimum atomic E-state index is -0.958. The third-order valence-corrected chi connectivity index (χ3v) is 3.48. The molecule has 0 bridgehead atoms. The zero-order valence-electron chi connectivity index (χ0n) is 12.9. The van der Waals surface area contributed by atoms with Crippen molar-refractivity contribution in [2.24, 2.45) is 0 Å². The summed E-state index contributed by atoms with van der Waals surface area (Å²) in [6.45, 7) is 1.65. The van der Waals surface area contributed by atoms with Gasteiger partial charge in [-0.15, -0.1) is 0 Å². The van der Waals surface area contributed by atoms with Gasteiger partial charge in [-0.1, -0.05) is 6.07 Å². The van der Waals surface area contributed by atoms with Crippen LogP contribution in [0.25, 0.3) is 0 Å². The molecular weight excluding hydrogens is 320 g/mol. The average molecular weight is 335 g/mol. The van der Waals surface area contributed by atoms with Crippen molar-refractivity contribution in [2.45, 2.75) is 25.9 Å². The number of carbonyl (C=O) groups is 1. The monoisotopic (exact) mass is 335 g/mol. The van der Waals surface area contributed by atoms with Gasteiger partial charge in [-0.3, -0.25) is 14.9 Å². The number of aryl methyl sites for hydroxylation is 1. The molecule has 0 radical (unpaired) electrons. The number of non-ortho nitro benzene ring substituents is 1. The fourth-order valence-electron chi connectivity index (χ4n) is 2.13. The Bertz CT molecular complexity index is 747. The molecule has 0 N–H and O–H groups in total. The fraction of sp³-hybridized carbons (Fsp3) is 0.235. The highest BCUT2D eigenvalue weighted by atomic mass is 19.2. The normalized spacial score (nSPS) is 11.8. The molecule has 0 heterocycles. The number of esters is 1. The van der Waals surface area contributed by atoms with Gasteiger partial charge in [-0.25, -0.2) is 8.78 Å². The zero-order chi connectivity index (χ0) is 17.7. The van der Waals surface area contributed by atoms with E-state index in [9.17, 15) is 23.7 Å². The highest BCUT2D eigenvalue weighted by Gasteiger charge is 2.14. The molecule has 24 heavy (non-hydrogen) atoms. The predicted molar refractivity (Wildman–Crippen MR) is 82.3 cm³/mol. The van der Waals surface area contributed by atoms with Gasteiger partial charge in [0.2, 0.25) is 0 Å². The second-order valence-electron chi connectivity index (χ2n) is 5.23. The number of ether oxygens (including phenoxy) is 1. The van der Waals surface area contributed by atoms with Crippen molar-refractivity contribution in [1.29, 1.82) is 0 Å². The molecule has 1 atom stereocenters. The lowest BCUT2D eigenvalue weighted by Gasteiger charge is -2.13. The first-order chi connectivity index (χ1) is 11.4. The van der Waals surface area contributed by atoms with E-state index < -0.39 is 28.6 Å². The number of nitro benzene ring substituents is 1. The number of rotatable bonds is 6. The van der Waals surface area contributed by atoms with Crippen molar-refractivity contribution in [3.05, 3.63) is 75.3 Å². The van der Waals surface area contributed by atoms with E-state index in [-0.39, 0.29) is 18.5 Å². The first-order valence-electron chi connectivity index (χ1n) is 7.24. The molecule has 0 spiro atoms. The van der Waals surface area contributed by atoms with E-state index in [4.69, 9.17) is 4.74 Å². The maximum atomic E-state index is 13.1. The van der Waals surface area contributed by atoms with Crippen LogP contribution in [-0.2, 0) is 16.0 Å². The van der Waals surface area contributed by atoms with Crippen LogP contribution >= 0.6 is 0 Å². The van der Waals surface area contributed by atoms with Gasteiger partial charge < -0.3 is 4.74 Å². The van der Waals surface area contributed by atoms with Crippen molar-refractivity contribution in [2.75, 3.05) is 0 Å². The van der Waals surface area contributed by atoms with Crippen molar-refractivity contribution < 1.29 is 23.2 Å². The molecule has 0 saturated heterocycles. The summed E-state index contributed by atoms with van der Waals surface area (Å²) < 4.78 is 31.1. The maximum absolute atomic E-state index is 13.1. The van der Waals surface area contributed by atoms with Crippen LogP contribution in [0, 0.1) is 21.7 Å². The molecule has 2 aromatic carbocycles. The molecule has 0 saturated carbocycles. The number of nitro groups is 1.